The van der Waals surface area contributed by atoms with Crippen LogP contribution in [0.4, 0.5) is 13.2 Å². The summed E-state index contributed by atoms with van der Waals surface area (Å²) in [4.78, 5) is 24.1. The standard InChI is InChI=1S/C12H22F3N3O2/c1-11(2,3)8(16)5-10(20)18(4)6-9(19)17-7-12(13,14)15/h8H,5-7,16H2,1-4H3,(H,17,19). The van der Waals surface area contributed by atoms with Crippen LogP contribution in [0.2, 0.25) is 0 Å². The Morgan fingerprint density at radius 1 is 1.25 bits per heavy atom. The van der Waals surface area contributed by atoms with Gasteiger partial charge in [-0.25, -0.2) is 0 Å². The summed E-state index contributed by atoms with van der Waals surface area (Å²) in [6.07, 6.45) is -4.43. The van der Waals surface area contributed by atoms with Gasteiger partial charge in [-0.2, -0.15) is 13.2 Å². The van der Waals surface area contributed by atoms with Crippen molar-refractivity contribution in [3.63, 3.8) is 0 Å². The second-order valence-corrected chi connectivity index (χ2v) is 5.82. The maximum absolute atomic E-state index is 11.9. The molecule has 0 aromatic heterocycles. The molecule has 0 aromatic carbocycles. The molecule has 2 amide bonds. The molecule has 1 unspecified atom stereocenters. The Balaban J connectivity index is 4.23. The highest BCUT2D eigenvalue weighted by Gasteiger charge is 2.28. The van der Waals surface area contributed by atoms with Crippen molar-refractivity contribution in [1.29, 1.82) is 0 Å². The minimum atomic E-state index is -4.47. The van der Waals surface area contributed by atoms with Crippen molar-refractivity contribution in [1.82, 2.24) is 10.2 Å². The van der Waals surface area contributed by atoms with E-state index in [1.165, 1.54) is 7.05 Å². The molecule has 0 saturated heterocycles. The van der Waals surface area contributed by atoms with E-state index in [1.54, 1.807) is 5.32 Å². The largest absolute Gasteiger partial charge is 0.405 e. The number of rotatable bonds is 5. The number of nitrogens with two attached hydrogens (primary N) is 1. The van der Waals surface area contributed by atoms with Crippen molar-refractivity contribution in [2.24, 2.45) is 11.1 Å². The van der Waals surface area contributed by atoms with Gasteiger partial charge in [-0.1, -0.05) is 20.8 Å². The lowest BCUT2D eigenvalue weighted by molar-refractivity contribution is -0.141. The number of halogens is 3. The summed E-state index contributed by atoms with van der Waals surface area (Å²) in [5.74, 6) is -1.24. The molecule has 0 fully saturated rings. The van der Waals surface area contributed by atoms with Gasteiger partial charge >= 0.3 is 6.18 Å². The number of likely N-dealkylation sites (N-methyl/N-ethyl adjacent to an activating group) is 1. The molecule has 0 rings (SSSR count). The Labute approximate surface area is 116 Å². The fourth-order valence-electron chi connectivity index (χ4n) is 1.21. The van der Waals surface area contributed by atoms with Crippen LogP contribution in [0, 0.1) is 5.41 Å². The van der Waals surface area contributed by atoms with Gasteiger partial charge in [0.1, 0.15) is 6.54 Å². The minimum absolute atomic E-state index is 0.0343. The predicted octanol–water partition coefficient (Wildman–Crippen LogP) is 0.887. The van der Waals surface area contributed by atoms with Crippen LogP contribution in [0.3, 0.4) is 0 Å². The summed E-state index contributed by atoms with van der Waals surface area (Å²) < 4.78 is 35.7. The zero-order chi connectivity index (χ0) is 16.1. The van der Waals surface area contributed by atoms with Crippen molar-refractivity contribution in [3.8, 4) is 0 Å². The molecule has 0 spiro atoms. The number of carbonyl (C=O) groups excluding carboxylic acids is 2. The third-order valence-corrected chi connectivity index (χ3v) is 2.80. The highest BCUT2D eigenvalue weighted by Crippen LogP contribution is 2.20. The first kappa shape index (κ1) is 18.7. The van der Waals surface area contributed by atoms with E-state index in [9.17, 15) is 22.8 Å². The lowest BCUT2D eigenvalue weighted by Crippen LogP contribution is -2.44. The number of nitrogens with zero attached hydrogens (tertiary/aromatic N) is 1. The number of hydrogen-bond acceptors (Lipinski definition) is 3. The second-order valence-electron chi connectivity index (χ2n) is 5.82. The van der Waals surface area contributed by atoms with Crippen LogP contribution in [0.15, 0.2) is 0 Å². The van der Waals surface area contributed by atoms with Crippen LogP contribution in [-0.4, -0.2) is 49.1 Å². The van der Waals surface area contributed by atoms with Crippen LogP contribution < -0.4 is 11.1 Å². The van der Waals surface area contributed by atoms with E-state index in [0.717, 1.165) is 4.90 Å². The molecule has 0 heterocycles. The molecule has 0 aliphatic carbocycles. The molecule has 1 atom stereocenters. The summed E-state index contributed by atoms with van der Waals surface area (Å²) in [6.45, 7) is 3.80. The fraction of sp³-hybridized carbons (Fsp3) is 0.833. The molecular formula is C12H22F3N3O2. The van der Waals surface area contributed by atoms with Crippen LogP contribution in [-0.2, 0) is 9.59 Å². The van der Waals surface area contributed by atoms with Crippen molar-refractivity contribution < 1.29 is 22.8 Å². The average Bonchev–Trinajstić information content (AvgIpc) is 2.23. The first-order chi connectivity index (χ1) is 8.83. The molecule has 0 aliphatic heterocycles. The van der Waals surface area contributed by atoms with Gasteiger partial charge in [0.25, 0.3) is 0 Å². The average molecular weight is 297 g/mol. The Kier molecular flexibility index (Phi) is 6.46. The first-order valence-corrected chi connectivity index (χ1v) is 6.16. The maximum atomic E-state index is 11.9. The number of alkyl halides is 3. The van der Waals surface area contributed by atoms with Gasteiger partial charge < -0.3 is 16.0 Å². The van der Waals surface area contributed by atoms with Crippen molar-refractivity contribution in [2.75, 3.05) is 20.1 Å². The highest BCUT2D eigenvalue weighted by atomic mass is 19.4. The molecule has 0 saturated carbocycles. The van der Waals surface area contributed by atoms with Crippen LogP contribution in [0.1, 0.15) is 27.2 Å². The molecule has 0 aromatic rings. The summed E-state index contributed by atoms with van der Waals surface area (Å²) in [7, 11) is 1.35. The Bertz CT molecular complexity index is 351. The third kappa shape index (κ3) is 7.98. The third-order valence-electron chi connectivity index (χ3n) is 2.80. The minimum Gasteiger partial charge on any atom is -0.345 e. The van der Waals surface area contributed by atoms with Crippen molar-refractivity contribution in [2.45, 2.75) is 39.4 Å². The van der Waals surface area contributed by atoms with E-state index in [4.69, 9.17) is 5.73 Å². The van der Waals surface area contributed by atoms with Crippen LogP contribution >= 0.6 is 0 Å². The van der Waals surface area contributed by atoms with Crippen molar-refractivity contribution in [3.05, 3.63) is 0 Å². The van der Waals surface area contributed by atoms with E-state index < -0.39 is 31.2 Å². The Morgan fingerprint density at radius 2 is 1.75 bits per heavy atom. The summed E-state index contributed by atoms with van der Waals surface area (Å²) in [5, 5.41) is 1.70. The van der Waals surface area contributed by atoms with Gasteiger partial charge in [-0.15, -0.1) is 0 Å². The molecule has 20 heavy (non-hydrogen) atoms. The molecule has 0 bridgehead atoms. The number of amides is 2. The van der Waals surface area contributed by atoms with Gasteiger partial charge in [0.15, 0.2) is 0 Å². The highest BCUT2D eigenvalue weighted by molar-refractivity contribution is 5.84. The van der Waals surface area contributed by atoms with Gasteiger partial charge in [-0.3, -0.25) is 9.59 Å². The number of hydrogen-bond donors (Lipinski definition) is 2. The predicted molar refractivity (Wildman–Crippen MR) is 68.7 cm³/mol. The summed E-state index contributed by atoms with van der Waals surface area (Å²) in [5.41, 5.74) is 5.57. The molecule has 118 valence electrons. The first-order valence-electron chi connectivity index (χ1n) is 6.16. The Morgan fingerprint density at radius 3 is 2.15 bits per heavy atom. The quantitative estimate of drug-likeness (QED) is 0.791. The van der Waals surface area contributed by atoms with Crippen LogP contribution in [0.5, 0.6) is 0 Å². The molecule has 5 nitrogen and oxygen atoms in total. The lowest BCUT2D eigenvalue weighted by atomic mass is 9.85. The smallest absolute Gasteiger partial charge is 0.345 e. The maximum Gasteiger partial charge on any atom is 0.405 e. The normalized spacial score (nSPS) is 13.8. The summed E-state index contributed by atoms with van der Waals surface area (Å²) >= 11 is 0. The van der Waals surface area contributed by atoms with E-state index in [2.05, 4.69) is 0 Å². The SMILES string of the molecule is CN(CC(=O)NCC(F)(F)F)C(=O)CC(N)C(C)(C)C. The zero-order valence-corrected chi connectivity index (χ0v) is 12.2. The number of nitrogens with one attached hydrogen (secondary N) is 1. The number of carbonyl (C=O) groups is 2. The van der Waals surface area contributed by atoms with Gasteiger partial charge in [0.2, 0.25) is 11.8 Å². The summed E-state index contributed by atoms with van der Waals surface area (Å²) in [6, 6.07) is -0.393. The molecule has 8 heteroatoms. The van der Waals surface area contributed by atoms with E-state index in [-0.39, 0.29) is 17.7 Å². The van der Waals surface area contributed by atoms with Gasteiger partial charge in [-0.05, 0) is 5.41 Å². The molecule has 0 radical (unpaired) electrons. The topological polar surface area (TPSA) is 75.4 Å². The molecule has 0 aliphatic rings. The monoisotopic (exact) mass is 297 g/mol. The van der Waals surface area contributed by atoms with E-state index in [0.29, 0.717) is 0 Å². The van der Waals surface area contributed by atoms with Gasteiger partial charge in [0.05, 0.1) is 6.54 Å². The van der Waals surface area contributed by atoms with Crippen molar-refractivity contribution >= 4 is 11.8 Å². The lowest BCUT2D eigenvalue weighted by Gasteiger charge is -2.28. The molecule has 3 N–H and O–H groups in total. The zero-order valence-electron chi connectivity index (χ0n) is 12.2. The van der Waals surface area contributed by atoms with Crippen LogP contribution in [0.25, 0.3) is 0 Å². The molecular weight excluding hydrogens is 275 g/mol. The fourth-order valence-corrected chi connectivity index (χ4v) is 1.21. The van der Waals surface area contributed by atoms with Gasteiger partial charge in [0, 0.05) is 19.5 Å². The van der Waals surface area contributed by atoms with E-state index >= 15 is 0 Å². The van der Waals surface area contributed by atoms with E-state index in [1.807, 2.05) is 20.8 Å². The second kappa shape index (κ2) is 6.92. The Hall–Kier alpha value is -1.31.